The fourth-order valence-electron chi connectivity index (χ4n) is 1.34. The minimum absolute atomic E-state index is 0.265. The third-order valence-corrected chi connectivity index (χ3v) is 2.32. The van der Waals surface area contributed by atoms with Gasteiger partial charge in [0.1, 0.15) is 6.04 Å². The van der Waals surface area contributed by atoms with Gasteiger partial charge in [0.15, 0.2) is 0 Å². The summed E-state index contributed by atoms with van der Waals surface area (Å²) in [6, 6.07) is -2.15. The van der Waals surface area contributed by atoms with Crippen LogP contribution < -0.4 is 22.5 Å². The van der Waals surface area contributed by atoms with Gasteiger partial charge in [0.25, 0.3) is 0 Å². The van der Waals surface area contributed by atoms with Crippen molar-refractivity contribution in [2.75, 3.05) is 6.54 Å². The van der Waals surface area contributed by atoms with Crippen LogP contribution in [0, 0.1) is 0 Å². The van der Waals surface area contributed by atoms with Crippen molar-refractivity contribution in [3.8, 4) is 0 Å². The summed E-state index contributed by atoms with van der Waals surface area (Å²) < 4.78 is 0. The number of nitrogens with one attached hydrogen (secondary N) is 1. The number of rotatable bonds is 9. The van der Waals surface area contributed by atoms with Crippen molar-refractivity contribution in [1.82, 2.24) is 5.32 Å². The SMILES string of the molecule is NCCCC[C@@H](NC(=O)[C@H](N)CC(N)=O)C(=O)O. The van der Waals surface area contributed by atoms with Gasteiger partial charge in [-0.2, -0.15) is 0 Å². The van der Waals surface area contributed by atoms with Crippen molar-refractivity contribution in [3.05, 3.63) is 0 Å². The van der Waals surface area contributed by atoms with Crippen LogP contribution in [-0.4, -0.2) is 41.5 Å². The molecule has 0 radical (unpaired) electrons. The van der Waals surface area contributed by atoms with Crippen LogP contribution in [0.25, 0.3) is 0 Å². The molecular weight excluding hydrogens is 240 g/mol. The molecule has 0 heterocycles. The minimum Gasteiger partial charge on any atom is -0.480 e. The highest BCUT2D eigenvalue weighted by atomic mass is 16.4. The molecule has 0 aliphatic carbocycles. The van der Waals surface area contributed by atoms with E-state index in [1.807, 2.05) is 0 Å². The van der Waals surface area contributed by atoms with Gasteiger partial charge in [-0.25, -0.2) is 4.79 Å². The molecule has 0 aliphatic heterocycles. The zero-order valence-corrected chi connectivity index (χ0v) is 10.1. The molecule has 18 heavy (non-hydrogen) atoms. The van der Waals surface area contributed by atoms with Gasteiger partial charge in [0.2, 0.25) is 11.8 Å². The standard InChI is InChI=1S/C10H20N4O4/c11-4-2-1-3-7(10(17)18)14-9(16)6(12)5-8(13)15/h6-7H,1-5,11-12H2,(H2,13,15)(H,14,16)(H,17,18)/t6-,7-/m1/s1. The third-order valence-electron chi connectivity index (χ3n) is 2.32. The molecule has 104 valence electrons. The molecule has 0 aromatic rings. The average molecular weight is 260 g/mol. The van der Waals surface area contributed by atoms with E-state index in [4.69, 9.17) is 22.3 Å². The van der Waals surface area contributed by atoms with Gasteiger partial charge < -0.3 is 27.6 Å². The molecule has 0 aliphatic rings. The van der Waals surface area contributed by atoms with E-state index >= 15 is 0 Å². The summed E-state index contributed by atoms with van der Waals surface area (Å²) in [5, 5.41) is 11.2. The lowest BCUT2D eigenvalue weighted by atomic mass is 10.1. The first-order valence-corrected chi connectivity index (χ1v) is 5.65. The van der Waals surface area contributed by atoms with Crippen LogP contribution in [0.2, 0.25) is 0 Å². The number of carboxylic acid groups (broad SMARTS) is 1. The fourth-order valence-corrected chi connectivity index (χ4v) is 1.34. The van der Waals surface area contributed by atoms with E-state index in [-0.39, 0.29) is 12.8 Å². The molecule has 0 unspecified atom stereocenters. The van der Waals surface area contributed by atoms with E-state index in [9.17, 15) is 14.4 Å². The summed E-state index contributed by atoms with van der Waals surface area (Å²) in [6.07, 6.45) is 1.20. The van der Waals surface area contributed by atoms with Crippen LogP contribution in [0.1, 0.15) is 25.7 Å². The van der Waals surface area contributed by atoms with E-state index in [2.05, 4.69) is 5.32 Å². The number of amides is 2. The highest BCUT2D eigenvalue weighted by molar-refractivity contribution is 5.90. The predicted molar refractivity (Wildman–Crippen MR) is 64.3 cm³/mol. The zero-order valence-electron chi connectivity index (χ0n) is 10.1. The second-order valence-corrected chi connectivity index (χ2v) is 3.96. The fraction of sp³-hybridized carbons (Fsp3) is 0.700. The molecule has 0 spiro atoms. The van der Waals surface area contributed by atoms with Gasteiger partial charge in [-0.1, -0.05) is 0 Å². The summed E-state index contributed by atoms with van der Waals surface area (Å²) in [6.45, 7) is 0.460. The van der Waals surface area contributed by atoms with E-state index in [1.165, 1.54) is 0 Å². The first-order valence-electron chi connectivity index (χ1n) is 5.65. The Morgan fingerprint density at radius 1 is 1.22 bits per heavy atom. The van der Waals surface area contributed by atoms with Crippen molar-refractivity contribution < 1.29 is 19.5 Å². The van der Waals surface area contributed by atoms with Crippen LogP contribution in [0.4, 0.5) is 0 Å². The Bertz CT molecular complexity index is 308. The Kier molecular flexibility index (Phi) is 7.64. The first kappa shape index (κ1) is 16.3. The van der Waals surface area contributed by atoms with Crippen LogP contribution in [0.3, 0.4) is 0 Å². The number of carboxylic acids is 1. The number of unbranched alkanes of at least 4 members (excludes halogenated alkanes) is 1. The molecule has 0 aromatic carbocycles. The third kappa shape index (κ3) is 6.81. The Balaban J connectivity index is 4.26. The van der Waals surface area contributed by atoms with Crippen LogP contribution in [0.5, 0.6) is 0 Å². The molecule has 0 fully saturated rings. The van der Waals surface area contributed by atoms with Gasteiger partial charge in [0, 0.05) is 0 Å². The maximum atomic E-state index is 11.5. The molecule has 0 saturated heterocycles. The second kappa shape index (κ2) is 8.43. The molecule has 8 heteroatoms. The molecule has 2 amide bonds. The predicted octanol–water partition coefficient (Wildman–Crippen LogP) is -2.11. The quantitative estimate of drug-likeness (QED) is 0.298. The maximum Gasteiger partial charge on any atom is 0.326 e. The lowest BCUT2D eigenvalue weighted by molar-refractivity contribution is -0.142. The summed E-state index contributed by atoms with van der Waals surface area (Å²) in [5.41, 5.74) is 15.6. The molecule has 0 saturated carbocycles. The topological polar surface area (TPSA) is 162 Å². The van der Waals surface area contributed by atoms with Crippen molar-refractivity contribution in [1.29, 1.82) is 0 Å². The smallest absolute Gasteiger partial charge is 0.326 e. The highest BCUT2D eigenvalue weighted by Gasteiger charge is 2.23. The lowest BCUT2D eigenvalue weighted by Gasteiger charge is -2.17. The van der Waals surface area contributed by atoms with Crippen LogP contribution in [0.15, 0.2) is 0 Å². The molecule has 0 rings (SSSR count). The molecule has 8 N–H and O–H groups in total. The number of primary amides is 1. The summed E-state index contributed by atoms with van der Waals surface area (Å²) in [4.78, 5) is 33.0. The number of nitrogens with two attached hydrogens (primary N) is 3. The van der Waals surface area contributed by atoms with Crippen molar-refractivity contribution in [2.45, 2.75) is 37.8 Å². The van der Waals surface area contributed by atoms with Crippen LogP contribution in [-0.2, 0) is 14.4 Å². The van der Waals surface area contributed by atoms with E-state index < -0.39 is 29.9 Å². The first-order chi connectivity index (χ1) is 8.38. The van der Waals surface area contributed by atoms with Crippen molar-refractivity contribution >= 4 is 17.8 Å². The van der Waals surface area contributed by atoms with Gasteiger partial charge >= 0.3 is 5.97 Å². The number of aliphatic carboxylic acids is 1. The number of hydrogen-bond donors (Lipinski definition) is 5. The zero-order chi connectivity index (χ0) is 14.1. The molecular formula is C10H20N4O4. The summed E-state index contributed by atoms with van der Waals surface area (Å²) in [5.74, 6) is -2.56. The number of hydrogen-bond acceptors (Lipinski definition) is 5. The van der Waals surface area contributed by atoms with Gasteiger partial charge in [-0.05, 0) is 25.8 Å². The van der Waals surface area contributed by atoms with Crippen LogP contribution >= 0.6 is 0 Å². The number of carbonyl (C=O) groups is 3. The molecule has 8 nitrogen and oxygen atoms in total. The van der Waals surface area contributed by atoms with Gasteiger partial charge in [-0.3, -0.25) is 9.59 Å². The normalized spacial score (nSPS) is 13.7. The Labute approximate surface area is 105 Å². The van der Waals surface area contributed by atoms with Gasteiger partial charge in [0.05, 0.1) is 12.5 Å². The van der Waals surface area contributed by atoms with Crippen molar-refractivity contribution in [2.24, 2.45) is 17.2 Å². The molecule has 2 atom stereocenters. The average Bonchev–Trinajstić information content (AvgIpc) is 2.26. The van der Waals surface area contributed by atoms with Crippen molar-refractivity contribution in [3.63, 3.8) is 0 Å². The summed E-state index contributed by atoms with van der Waals surface area (Å²) in [7, 11) is 0. The molecule has 0 bridgehead atoms. The Morgan fingerprint density at radius 2 is 1.83 bits per heavy atom. The Morgan fingerprint density at radius 3 is 2.28 bits per heavy atom. The van der Waals surface area contributed by atoms with E-state index in [0.29, 0.717) is 19.4 Å². The van der Waals surface area contributed by atoms with E-state index in [1.54, 1.807) is 0 Å². The highest BCUT2D eigenvalue weighted by Crippen LogP contribution is 2.01. The minimum atomic E-state index is -1.15. The monoisotopic (exact) mass is 260 g/mol. The lowest BCUT2D eigenvalue weighted by Crippen LogP contribution is -2.49. The largest absolute Gasteiger partial charge is 0.480 e. The maximum absolute atomic E-state index is 11.5. The summed E-state index contributed by atoms with van der Waals surface area (Å²) >= 11 is 0. The number of carbonyl (C=O) groups excluding carboxylic acids is 2. The van der Waals surface area contributed by atoms with Gasteiger partial charge in [-0.15, -0.1) is 0 Å². The van der Waals surface area contributed by atoms with E-state index in [0.717, 1.165) is 0 Å². The second-order valence-electron chi connectivity index (χ2n) is 3.96. The molecule has 0 aromatic heterocycles. The Hall–Kier alpha value is -1.67.